The van der Waals surface area contributed by atoms with Gasteiger partial charge in [-0.25, -0.2) is 0 Å². The van der Waals surface area contributed by atoms with Crippen LogP contribution < -0.4 is 11.0 Å². The average Bonchev–Trinajstić information content (AvgIpc) is 2.28. The summed E-state index contributed by atoms with van der Waals surface area (Å²) < 4.78 is 0. The third kappa shape index (κ3) is 5.59. The first-order valence-corrected chi connectivity index (χ1v) is 5.88. The molecule has 0 rings (SSSR count). The second kappa shape index (κ2) is 7.18. The highest BCUT2D eigenvalue weighted by Crippen LogP contribution is 2.27. The molecule has 0 aliphatic rings. The molecule has 2 nitrogen and oxygen atoms in total. The average molecular weight is 231 g/mol. The lowest BCUT2D eigenvalue weighted by Gasteiger charge is -2.29. The summed E-state index contributed by atoms with van der Waals surface area (Å²) in [7, 11) is 2.05. The summed E-state index contributed by atoms with van der Waals surface area (Å²) >= 11 is 0. The van der Waals surface area contributed by atoms with E-state index in [0.29, 0.717) is 0 Å². The third-order valence-corrected chi connectivity index (χ3v) is 2.61. The number of rotatable bonds is 7. The molecule has 0 amide bonds. The van der Waals surface area contributed by atoms with Crippen molar-refractivity contribution in [3.63, 3.8) is 0 Å². The van der Waals surface area contributed by atoms with Crippen LogP contribution in [0.25, 0.3) is 0 Å². The summed E-state index contributed by atoms with van der Waals surface area (Å²) in [4.78, 5) is 0. The maximum Gasteiger partial charge on any atom is 0.221 e. The van der Waals surface area contributed by atoms with Gasteiger partial charge in [0.25, 0.3) is 0 Å². The van der Waals surface area contributed by atoms with E-state index in [4.69, 9.17) is 5.73 Å². The molecule has 0 aromatic rings. The smallest absolute Gasteiger partial charge is 0.221 e. The van der Waals surface area contributed by atoms with Crippen LogP contribution in [0.1, 0.15) is 27.7 Å². The molecule has 0 fully saturated rings. The molecule has 0 saturated heterocycles. The van der Waals surface area contributed by atoms with E-state index in [9.17, 15) is 0 Å². The molecule has 0 spiro atoms. The molecule has 93 valence electrons. The largest absolute Gasteiger partial charge is 0.405 e. The Labute approximate surface area is 107 Å². The Morgan fingerprint density at radius 3 is 2.00 bits per heavy atom. The lowest BCUT2D eigenvalue weighted by atomic mass is 9.60. The monoisotopic (exact) mass is 231 g/mol. The van der Waals surface area contributed by atoms with Gasteiger partial charge in [-0.1, -0.05) is 37.3 Å². The van der Waals surface area contributed by atoms with Crippen LogP contribution in [0.4, 0.5) is 0 Å². The van der Waals surface area contributed by atoms with E-state index in [1.165, 1.54) is 6.20 Å². The van der Waals surface area contributed by atoms with E-state index in [0.717, 1.165) is 0 Å². The Balaban J connectivity index is 4.75. The molecule has 3 N–H and O–H groups in total. The Hall–Kier alpha value is -1.22. The zero-order valence-electron chi connectivity index (χ0n) is 11.4. The van der Waals surface area contributed by atoms with Gasteiger partial charge in [0, 0.05) is 5.54 Å². The van der Waals surface area contributed by atoms with Crippen molar-refractivity contribution in [2.45, 2.75) is 38.5 Å². The highest BCUT2D eigenvalue weighted by molar-refractivity contribution is 6.39. The normalized spacial score (nSPS) is 19.5. The summed E-state index contributed by atoms with van der Waals surface area (Å²) in [6, 6.07) is 0. The lowest BCUT2D eigenvalue weighted by molar-refractivity contribution is 0.649. The van der Waals surface area contributed by atoms with Crippen LogP contribution in [0, 0.1) is 0 Å². The Morgan fingerprint density at radius 2 is 1.65 bits per heavy atom. The number of allylic oxidation sites excluding steroid dienone is 4. The number of hydrogen-bond acceptors (Lipinski definition) is 2. The van der Waals surface area contributed by atoms with E-state index in [1.807, 2.05) is 45.1 Å². The first-order valence-electron chi connectivity index (χ1n) is 5.88. The molecule has 0 aliphatic heterocycles. The van der Waals surface area contributed by atoms with Gasteiger partial charge in [0.2, 0.25) is 7.41 Å². The molecule has 1 radical (unpaired) electrons. The van der Waals surface area contributed by atoms with Crippen LogP contribution >= 0.6 is 0 Å². The van der Waals surface area contributed by atoms with Crippen molar-refractivity contribution in [3.8, 4) is 0 Å². The van der Waals surface area contributed by atoms with Crippen LogP contribution in [0.15, 0.2) is 49.2 Å². The molecule has 0 aromatic carbocycles. The van der Waals surface area contributed by atoms with E-state index in [2.05, 4.69) is 38.3 Å². The van der Waals surface area contributed by atoms with E-state index < -0.39 is 0 Å². The predicted octanol–water partition coefficient (Wildman–Crippen LogP) is 2.94. The maximum absolute atomic E-state index is 5.44. The molecule has 3 heteroatoms. The fraction of sp³-hybridized carbons (Fsp3) is 0.429. The molecule has 0 aliphatic carbocycles. The van der Waals surface area contributed by atoms with Gasteiger partial charge < -0.3 is 11.0 Å². The molecular formula is C14H24BN2. The van der Waals surface area contributed by atoms with E-state index in [1.54, 1.807) is 0 Å². The summed E-state index contributed by atoms with van der Waals surface area (Å²) in [6.45, 7) is 12.0. The van der Waals surface area contributed by atoms with Crippen molar-refractivity contribution in [1.82, 2.24) is 5.23 Å². The maximum atomic E-state index is 5.44. The first-order chi connectivity index (χ1) is 7.95. The minimum absolute atomic E-state index is 0.115. The van der Waals surface area contributed by atoms with Crippen LogP contribution in [0.5, 0.6) is 0 Å². The van der Waals surface area contributed by atoms with Gasteiger partial charge in [-0.2, -0.15) is 0 Å². The fourth-order valence-electron chi connectivity index (χ4n) is 1.56. The summed E-state index contributed by atoms with van der Waals surface area (Å²) in [6.07, 6.45) is 13.6. The molecule has 0 heterocycles. The third-order valence-electron chi connectivity index (χ3n) is 2.61. The van der Waals surface area contributed by atoms with Crippen LogP contribution in [0.2, 0.25) is 5.31 Å². The summed E-state index contributed by atoms with van der Waals surface area (Å²) in [5.41, 5.74) is 5.12. The van der Waals surface area contributed by atoms with Gasteiger partial charge in [-0.05, 0) is 38.4 Å². The zero-order valence-corrected chi connectivity index (χ0v) is 11.4. The minimum atomic E-state index is -0.320. The zero-order chi connectivity index (χ0) is 13.4. The van der Waals surface area contributed by atoms with Gasteiger partial charge in [-0.15, -0.1) is 6.58 Å². The van der Waals surface area contributed by atoms with E-state index in [-0.39, 0.29) is 10.9 Å². The van der Waals surface area contributed by atoms with Crippen molar-refractivity contribution in [3.05, 3.63) is 49.2 Å². The first kappa shape index (κ1) is 15.8. The molecule has 1 atom stereocenters. The molecule has 0 saturated carbocycles. The van der Waals surface area contributed by atoms with Crippen LogP contribution in [-0.4, -0.2) is 13.0 Å². The molecule has 0 aromatic heterocycles. The highest BCUT2D eigenvalue weighted by atomic mass is 14.9. The van der Waals surface area contributed by atoms with Gasteiger partial charge in [0.15, 0.2) is 0 Å². The van der Waals surface area contributed by atoms with Crippen molar-refractivity contribution in [1.29, 1.82) is 0 Å². The number of nitrogens with two attached hydrogens (primary N) is 1. The Morgan fingerprint density at radius 1 is 1.12 bits per heavy atom. The predicted molar refractivity (Wildman–Crippen MR) is 78.8 cm³/mol. The lowest BCUT2D eigenvalue weighted by Crippen LogP contribution is -2.44. The van der Waals surface area contributed by atoms with E-state index >= 15 is 0 Å². The second-order valence-corrected chi connectivity index (χ2v) is 4.50. The second-order valence-electron chi connectivity index (χ2n) is 4.50. The van der Waals surface area contributed by atoms with Gasteiger partial charge in [0.1, 0.15) is 0 Å². The van der Waals surface area contributed by atoms with Crippen molar-refractivity contribution in [2.75, 3.05) is 0 Å². The summed E-state index contributed by atoms with van der Waals surface area (Å²) in [5.74, 6) is 0. The molecular weight excluding hydrogens is 207 g/mol. The van der Waals surface area contributed by atoms with Crippen LogP contribution in [0.3, 0.4) is 0 Å². The fourth-order valence-corrected chi connectivity index (χ4v) is 1.56. The molecule has 17 heavy (non-hydrogen) atoms. The van der Waals surface area contributed by atoms with Gasteiger partial charge in [0.05, 0.1) is 0 Å². The summed E-state index contributed by atoms with van der Waals surface area (Å²) in [5, 5.41) is 3.23. The standard InChI is InChI=1S/C14H24BN2/c1-6-9-13(4,10-7-2)15-17-14(5,8-3)11-12-16/h6-12,17H,3,16H2,1-2,4-5H3. The van der Waals surface area contributed by atoms with Gasteiger partial charge in [-0.3, -0.25) is 0 Å². The van der Waals surface area contributed by atoms with Gasteiger partial charge >= 0.3 is 0 Å². The SMILES string of the molecule is C=CC(C)(C=CN)N[B]C(C)(C=CC)C=CC. The van der Waals surface area contributed by atoms with Crippen LogP contribution in [-0.2, 0) is 0 Å². The topological polar surface area (TPSA) is 38.0 Å². The minimum Gasteiger partial charge on any atom is -0.405 e. The van der Waals surface area contributed by atoms with Crippen molar-refractivity contribution in [2.24, 2.45) is 5.73 Å². The quantitative estimate of drug-likeness (QED) is 0.522. The molecule has 1 unspecified atom stereocenters. The Bertz CT molecular complexity index is 306. The molecule has 0 bridgehead atoms. The number of hydrogen-bond donors (Lipinski definition) is 2. The van der Waals surface area contributed by atoms with Crippen molar-refractivity contribution < 1.29 is 0 Å². The Kier molecular flexibility index (Phi) is 6.66. The number of nitrogens with one attached hydrogen (secondary N) is 1. The van der Waals surface area contributed by atoms with Crippen molar-refractivity contribution >= 4 is 7.41 Å². The highest BCUT2D eigenvalue weighted by Gasteiger charge is 2.24.